The molecule has 1 unspecified atom stereocenters. The third-order valence-corrected chi connectivity index (χ3v) is 5.67. The van der Waals surface area contributed by atoms with Crippen molar-refractivity contribution in [3.63, 3.8) is 0 Å². The molecule has 2 aliphatic rings. The zero-order valence-corrected chi connectivity index (χ0v) is 13.8. The molecule has 0 aromatic rings. The SMILES string of the molecule is CCC[C@H]1CN(S(C)(=O)=O)CC1C(=O)CN1CCOCC1. The van der Waals surface area contributed by atoms with Gasteiger partial charge in [-0.3, -0.25) is 9.69 Å². The molecule has 0 aliphatic carbocycles. The summed E-state index contributed by atoms with van der Waals surface area (Å²) >= 11 is 0. The number of rotatable bonds is 6. The minimum atomic E-state index is -3.21. The third-order valence-electron chi connectivity index (χ3n) is 4.43. The molecule has 2 heterocycles. The molecule has 21 heavy (non-hydrogen) atoms. The number of hydrogen-bond acceptors (Lipinski definition) is 5. The predicted molar refractivity (Wildman–Crippen MR) is 80.6 cm³/mol. The van der Waals surface area contributed by atoms with Crippen molar-refractivity contribution in [1.82, 2.24) is 9.21 Å². The molecule has 0 radical (unpaired) electrons. The minimum Gasteiger partial charge on any atom is -0.379 e. The van der Waals surface area contributed by atoms with Crippen molar-refractivity contribution in [2.24, 2.45) is 11.8 Å². The summed E-state index contributed by atoms with van der Waals surface area (Å²) in [4.78, 5) is 14.7. The van der Waals surface area contributed by atoms with Crippen LogP contribution in [-0.2, 0) is 19.6 Å². The molecule has 0 saturated carbocycles. The second-order valence-electron chi connectivity index (χ2n) is 6.09. The molecule has 2 rings (SSSR count). The number of carbonyl (C=O) groups is 1. The van der Waals surface area contributed by atoms with Gasteiger partial charge in [0.2, 0.25) is 10.0 Å². The molecule has 0 bridgehead atoms. The summed E-state index contributed by atoms with van der Waals surface area (Å²) in [7, 11) is -3.21. The van der Waals surface area contributed by atoms with Crippen LogP contribution in [-0.4, -0.2) is 75.6 Å². The van der Waals surface area contributed by atoms with E-state index in [1.165, 1.54) is 10.6 Å². The van der Waals surface area contributed by atoms with Gasteiger partial charge in [0.15, 0.2) is 5.78 Å². The van der Waals surface area contributed by atoms with Gasteiger partial charge in [0.25, 0.3) is 0 Å². The highest BCUT2D eigenvalue weighted by Gasteiger charge is 2.40. The highest BCUT2D eigenvalue weighted by molar-refractivity contribution is 7.88. The largest absolute Gasteiger partial charge is 0.379 e. The molecule has 122 valence electrons. The molecule has 2 atom stereocenters. The van der Waals surface area contributed by atoms with Crippen LogP contribution in [0.5, 0.6) is 0 Å². The molecule has 6 nitrogen and oxygen atoms in total. The summed E-state index contributed by atoms with van der Waals surface area (Å²) in [5.41, 5.74) is 0. The minimum absolute atomic E-state index is 0.150. The summed E-state index contributed by atoms with van der Waals surface area (Å²) in [5.74, 6) is 0.197. The van der Waals surface area contributed by atoms with E-state index in [1.807, 2.05) is 0 Å². The zero-order valence-electron chi connectivity index (χ0n) is 13.0. The van der Waals surface area contributed by atoms with Gasteiger partial charge in [0.05, 0.1) is 26.0 Å². The summed E-state index contributed by atoms with van der Waals surface area (Å²) in [6.45, 7) is 6.26. The molecule has 0 amide bonds. The molecule has 0 aromatic carbocycles. The average molecular weight is 318 g/mol. The fourth-order valence-electron chi connectivity index (χ4n) is 3.23. The zero-order chi connectivity index (χ0) is 15.5. The van der Waals surface area contributed by atoms with Gasteiger partial charge in [-0.25, -0.2) is 12.7 Å². The number of sulfonamides is 1. The summed E-state index contributed by atoms with van der Waals surface area (Å²) < 4.78 is 30.2. The van der Waals surface area contributed by atoms with Gasteiger partial charge in [0, 0.05) is 32.1 Å². The lowest BCUT2D eigenvalue weighted by Crippen LogP contribution is -2.42. The first-order chi connectivity index (χ1) is 9.91. The Morgan fingerprint density at radius 3 is 2.48 bits per heavy atom. The van der Waals surface area contributed by atoms with Gasteiger partial charge in [0.1, 0.15) is 0 Å². The van der Waals surface area contributed by atoms with Crippen molar-refractivity contribution in [3.8, 4) is 0 Å². The lowest BCUT2D eigenvalue weighted by Gasteiger charge is -2.27. The van der Waals surface area contributed by atoms with Gasteiger partial charge >= 0.3 is 0 Å². The first-order valence-electron chi connectivity index (χ1n) is 7.69. The predicted octanol–water partition coefficient (Wildman–Crippen LogP) is 0.195. The lowest BCUT2D eigenvalue weighted by molar-refractivity contribution is -0.125. The van der Waals surface area contributed by atoms with Crippen molar-refractivity contribution in [2.45, 2.75) is 19.8 Å². The second kappa shape index (κ2) is 7.17. The Kier molecular flexibility index (Phi) is 5.76. The van der Waals surface area contributed by atoms with Crippen molar-refractivity contribution in [1.29, 1.82) is 0 Å². The number of Topliss-reactive ketones (excluding diaryl/α,β-unsaturated/α-hetero) is 1. The van der Waals surface area contributed by atoms with E-state index in [0.29, 0.717) is 32.8 Å². The van der Waals surface area contributed by atoms with Crippen LogP contribution >= 0.6 is 0 Å². The molecule has 2 saturated heterocycles. The molecule has 0 spiro atoms. The number of nitrogens with zero attached hydrogens (tertiary/aromatic N) is 2. The Morgan fingerprint density at radius 2 is 1.90 bits per heavy atom. The fourth-order valence-corrected chi connectivity index (χ4v) is 4.12. The van der Waals surface area contributed by atoms with Crippen molar-refractivity contribution >= 4 is 15.8 Å². The monoisotopic (exact) mass is 318 g/mol. The average Bonchev–Trinajstić information content (AvgIpc) is 2.84. The van der Waals surface area contributed by atoms with E-state index in [-0.39, 0.29) is 17.6 Å². The maximum Gasteiger partial charge on any atom is 0.211 e. The van der Waals surface area contributed by atoms with Crippen LogP contribution in [0.15, 0.2) is 0 Å². The molecule has 7 heteroatoms. The molecule has 2 fully saturated rings. The third kappa shape index (κ3) is 4.48. The summed E-state index contributed by atoms with van der Waals surface area (Å²) in [6.07, 6.45) is 3.11. The number of ether oxygens (including phenoxy) is 1. The van der Waals surface area contributed by atoms with Gasteiger partial charge in [-0.2, -0.15) is 0 Å². The Balaban J connectivity index is 1.99. The highest BCUT2D eigenvalue weighted by Crippen LogP contribution is 2.30. The van der Waals surface area contributed by atoms with Crippen LogP contribution in [0.2, 0.25) is 0 Å². The van der Waals surface area contributed by atoms with Gasteiger partial charge in [-0.1, -0.05) is 13.3 Å². The maximum atomic E-state index is 12.6. The van der Waals surface area contributed by atoms with E-state index in [0.717, 1.165) is 25.9 Å². The second-order valence-corrected chi connectivity index (χ2v) is 8.07. The number of carbonyl (C=O) groups excluding carboxylic acids is 1. The number of hydrogen-bond donors (Lipinski definition) is 0. The Labute approximate surface area is 127 Å². The van der Waals surface area contributed by atoms with E-state index in [9.17, 15) is 13.2 Å². The number of ketones is 1. The Bertz CT molecular complexity index is 460. The smallest absolute Gasteiger partial charge is 0.211 e. The van der Waals surface area contributed by atoms with Crippen LogP contribution in [0.3, 0.4) is 0 Å². The first kappa shape index (κ1) is 16.9. The van der Waals surface area contributed by atoms with E-state index in [4.69, 9.17) is 4.74 Å². The van der Waals surface area contributed by atoms with Gasteiger partial charge < -0.3 is 4.74 Å². The van der Waals surface area contributed by atoms with E-state index < -0.39 is 10.0 Å². The lowest BCUT2D eigenvalue weighted by atomic mass is 9.88. The van der Waals surface area contributed by atoms with Crippen molar-refractivity contribution in [3.05, 3.63) is 0 Å². The normalized spacial score (nSPS) is 28.9. The van der Waals surface area contributed by atoms with Crippen LogP contribution in [0.25, 0.3) is 0 Å². The molecular formula is C14H26N2O4S. The molecule has 0 aromatic heterocycles. The molecule has 0 N–H and O–H groups in total. The van der Waals surface area contributed by atoms with E-state index in [2.05, 4.69) is 11.8 Å². The van der Waals surface area contributed by atoms with Crippen LogP contribution in [0.4, 0.5) is 0 Å². The number of morpholine rings is 1. The Morgan fingerprint density at radius 1 is 1.24 bits per heavy atom. The topological polar surface area (TPSA) is 66.9 Å². The van der Waals surface area contributed by atoms with Gasteiger partial charge in [-0.15, -0.1) is 0 Å². The van der Waals surface area contributed by atoms with Crippen LogP contribution in [0, 0.1) is 11.8 Å². The van der Waals surface area contributed by atoms with Crippen LogP contribution < -0.4 is 0 Å². The molecular weight excluding hydrogens is 292 g/mol. The first-order valence-corrected chi connectivity index (χ1v) is 9.54. The maximum absolute atomic E-state index is 12.6. The van der Waals surface area contributed by atoms with E-state index >= 15 is 0 Å². The molecule has 2 aliphatic heterocycles. The summed E-state index contributed by atoms with van der Waals surface area (Å²) in [5, 5.41) is 0. The van der Waals surface area contributed by atoms with Crippen molar-refractivity contribution < 1.29 is 17.9 Å². The van der Waals surface area contributed by atoms with Crippen molar-refractivity contribution in [2.75, 3.05) is 52.2 Å². The standard InChI is InChI=1S/C14H26N2O4S/c1-3-4-12-9-16(21(2,18)19)10-13(12)14(17)11-15-5-7-20-8-6-15/h12-13H,3-11H2,1-2H3/t12-,13?/m0/s1. The quantitative estimate of drug-likeness (QED) is 0.700. The van der Waals surface area contributed by atoms with E-state index in [1.54, 1.807) is 0 Å². The van der Waals surface area contributed by atoms with Crippen LogP contribution in [0.1, 0.15) is 19.8 Å². The summed E-state index contributed by atoms with van der Waals surface area (Å²) in [6, 6.07) is 0. The van der Waals surface area contributed by atoms with Gasteiger partial charge in [-0.05, 0) is 12.3 Å². The Hall–Kier alpha value is -0.500. The highest BCUT2D eigenvalue weighted by atomic mass is 32.2. The fraction of sp³-hybridized carbons (Fsp3) is 0.929.